The third-order valence-electron chi connectivity index (χ3n) is 6.16. The average molecular weight is 512 g/mol. The van der Waals surface area contributed by atoms with Gasteiger partial charge in [-0.05, 0) is 77.9 Å². The van der Waals surface area contributed by atoms with Gasteiger partial charge < -0.3 is 20.3 Å². The summed E-state index contributed by atoms with van der Waals surface area (Å²) in [6.45, 7) is 0.673. The SMILES string of the molecule is COc1ccc(Br)c(C(=O)NC[C@H]2CC[C@@H](Nc3nc(N(C)C)c4ccccc4n3)CC2)c1. The van der Waals surface area contributed by atoms with Crippen LogP contribution in [0.1, 0.15) is 36.0 Å². The Hall–Kier alpha value is -2.87. The number of fused-ring (bicyclic) bond motifs is 1. The molecule has 2 aromatic carbocycles. The number of hydrogen-bond acceptors (Lipinski definition) is 6. The first-order valence-corrected chi connectivity index (χ1v) is 12.1. The number of nitrogens with zero attached hydrogens (tertiary/aromatic N) is 3. The van der Waals surface area contributed by atoms with Crippen molar-refractivity contribution in [2.45, 2.75) is 31.7 Å². The molecule has 1 fully saturated rings. The van der Waals surface area contributed by atoms with E-state index in [-0.39, 0.29) is 5.91 Å². The van der Waals surface area contributed by atoms with Crippen LogP contribution in [0.25, 0.3) is 10.9 Å². The third-order valence-corrected chi connectivity index (χ3v) is 6.85. The summed E-state index contributed by atoms with van der Waals surface area (Å²) in [5.41, 5.74) is 1.54. The van der Waals surface area contributed by atoms with Crippen LogP contribution >= 0.6 is 15.9 Å². The molecular formula is C25H30BrN5O2. The van der Waals surface area contributed by atoms with Crippen LogP contribution in [0.2, 0.25) is 0 Å². The molecule has 0 unspecified atom stereocenters. The summed E-state index contributed by atoms with van der Waals surface area (Å²) < 4.78 is 6.00. The molecule has 33 heavy (non-hydrogen) atoms. The fraction of sp³-hybridized carbons (Fsp3) is 0.400. The molecule has 1 amide bonds. The summed E-state index contributed by atoms with van der Waals surface area (Å²) in [4.78, 5) is 24.2. The van der Waals surface area contributed by atoms with Gasteiger partial charge in [0.05, 0.1) is 18.2 Å². The molecule has 8 heteroatoms. The summed E-state index contributed by atoms with van der Waals surface area (Å²) in [5, 5.41) is 7.68. The number of anilines is 2. The second kappa shape index (κ2) is 10.4. The first-order valence-electron chi connectivity index (χ1n) is 11.3. The number of aromatic nitrogens is 2. The van der Waals surface area contributed by atoms with Gasteiger partial charge in [0, 0.05) is 36.5 Å². The second-order valence-electron chi connectivity index (χ2n) is 8.70. The molecule has 174 valence electrons. The molecule has 1 aliphatic carbocycles. The van der Waals surface area contributed by atoms with Crippen molar-refractivity contribution in [2.75, 3.05) is 38.0 Å². The van der Waals surface area contributed by atoms with Crippen LogP contribution < -0.4 is 20.3 Å². The topological polar surface area (TPSA) is 79.4 Å². The number of carbonyl (C=O) groups is 1. The number of amides is 1. The van der Waals surface area contributed by atoms with Gasteiger partial charge in [-0.25, -0.2) is 4.98 Å². The van der Waals surface area contributed by atoms with Crippen molar-refractivity contribution >= 4 is 44.5 Å². The lowest BCUT2D eigenvalue weighted by Crippen LogP contribution is -2.34. The number of nitrogens with one attached hydrogen (secondary N) is 2. The maximum absolute atomic E-state index is 12.6. The molecule has 2 N–H and O–H groups in total. The van der Waals surface area contributed by atoms with Crippen LogP contribution in [0.4, 0.5) is 11.8 Å². The number of carbonyl (C=O) groups excluding carboxylic acids is 1. The molecule has 1 heterocycles. The van der Waals surface area contributed by atoms with Crippen molar-refractivity contribution in [3.8, 4) is 5.75 Å². The zero-order chi connectivity index (χ0) is 23.4. The van der Waals surface area contributed by atoms with E-state index >= 15 is 0 Å². The molecule has 0 atom stereocenters. The molecule has 0 saturated heterocycles. The van der Waals surface area contributed by atoms with Crippen molar-refractivity contribution in [3.05, 3.63) is 52.5 Å². The Morgan fingerprint density at radius 3 is 2.61 bits per heavy atom. The highest BCUT2D eigenvalue weighted by Crippen LogP contribution is 2.28. The van der Waals surface area contributed by atoms with E-state index in [0.29, 0.717) is 35.8 Å². The summed E-state index contributed by atoms with van der Waals surface area (Å²) >= 11 is 3.46. The van der Waals surface area contributed by atoms with Crippen molar-refractivity contribution < 1.29 is 9.53 Å². The molecule has 1 aromatic heterocycles. The van der Waals surface area contributed by atoms with Crippen molar-refractivity contribution in [1.29, 1.82) is 0 Å². The Morgan fingerprint density at radius 1 is 1.12 bits per heavy atom. The summed E-state index contributed by atoms with van der Waals surface area (Å²) in [6, 6.07) is 13.8. The van der Waals surface area contributed by atoms with Gasteiger partial charge in [0.1, 0.15) is 11.6 Å². The van der Waals surface area contributed by atoms with Crippen LogP contribution in [0.15, 0.2) is 46.9 Å². The molecule has 4 rings (SSSR count). The van der Waals surface area contributed by atoms with Gasteiger partial charge in [-0.3, -0.25) is 4.79 Å². The summed E-state index contributed by atoms with van der Waals surface area (Å²) in [7, 11) is 5.60. The minimum absolute atomic E-state index is 0.0817. The lowest BCUT2D eigenvalue weighted by atomic mass is 9.86. The zero-order valence-corrected chi connectivity index (χ0v) is 20.9. The number of ether oxygens (including phenoxy) is 1. The van der Waals surface area contributed by atoms with E-state index in [1.165, 1.54) is 0 Å². The fourth-order valence-corrected chi connectivity index (χ4v) is 4.72. The minimum atomic E-state index is -0.0817. The molecular weight excluding hydrogens is 482 g/mol. The Bertz CT molecular complexity index is 1130. The lowest BCUT2D eigenvalue weighted by Gasteiger charge is -2.29. The second-order valence-corrected chi connectivity index (χ2v) is 9.55. The molecule has 0 radical (unpaired) electrons. The highest BCUT2D eigenvalue weighted by atomic mass is 79.9. The quantitative estimate of drug-likeness (QED) is 0.471. The monoisotopic (exact) mass is 511 g/mol. The first-order chi connectivity index (χ1) is 15.9. The van der Waals surface area contributed by atoms with Crippen LogP contribution in [0.5, 0.6) is 5.75 Å². The van der Waals surface area contributed by atoms with Gasteiger partial charge in [-0.1, -0.05) is 12.1 Å². The number of benzene rings is 2. The predicted molar refractivity (Wildman–Crippen MR) is 136 cm³/mol. The maximum Gasteiger partial charge on any atom is 0.252 e. The molecule has 0 bridgehead atoms. The summed E-state index contributed by atoms with van der Waals surface area (Å²) in [6.07, 6.45) is 4.14. The van der Waals surface area contributed by atoms with Gasteiger partial charge in [0.25, 0.3) is 5.91 Å². The Morgan fingerprint density at radius 2 is 1.88 bits per heavy atom. The van der Waals surface area contributed by atoms with Crippen molar-refractivity contribution in [3.63, 3.8) is 0 Å². The number of halogens is 1. The van der Waals surface area contributed by atoms with Crippen LogP contribution in [0.3, 0.4) is 0 Å². The number of methoxy groups -OCH3 is 1. The largest absolute Gasteiger partial charge is 0.497 e. The zero-order valence-electron chi connectivity index (χ0n) is 19.3. The number of rotatable bonds is 7. The Balaban J connectivity index is 1.32. The van der Waals surface area contributed by atoms with E-state index in [1.54, 1.807) is 13.2 Å². The normalized spacial score (nSPS) is 18.1. The van der Waals surface area contributed by atoms with Crippen LogP contribution in [0, 0.1) is 5.92 Å². The Kier molecular flexibility index (Phi) is 7.33. The van der Waals surface area contributed by atoms with Crippen LogP contribution in [-0.4, -0.2) is 49.7 Å². The molecule has 1 aliphatic rings. The van der Waals surface area contributed by atoms with E-state index in [0.717, 1.165) is 46.9 Å². The van der Waals surface area contributed by atoms with E-state index < -0.39 is 0 Å². The molecule has 7 nitrogen and oxygen atoms in total. The summed E-state index contributed by atoms with van der Waals surface area (Å²) in [5.74, 6) is 2.65. The van der Waals surface area contributed by atoms with Gasteiger partial charge in [-0.15, -0.1) is 0 Å². The standard InChI is InChI=1S/C25H30BrN5O2/c1-31(2)23-19-6-4-5-7-22(19)29-25(30-23)28-17-10-8-16(9-11-17)15-27-24(32)20-14-18(33-3)12-13-21(20)26/h4-7,12-14,16-17H,8-11,15H2,1-3H3,(H,27,32)(H,28,29,30)/t16-,17+. The first kappa shape index (κ1) is 23.3. The molecule has 0 aliphatic heterocycles. The van der Waals surface area contributed by atoms with Crippen molar-refractivity contribution in [2.24, 2.45) is 5.92 Å². The number of hydrogen-bond donors (Lipinski definition) is 2. The lowest BCUT2D eigenvalue weighted by molar-refractivity contribution is 0.0942. The third kappa shape index (κ3) is 5.55. The maximum atomic E-state index is 12.6. The van der Waals surface area contributed by atoms with Crippen LogP contribution in [-0.2, 0) is 0 Å². The Labute approximate surface area is 203 Å². The van der Waals surface area contributed by atoms with Gasteiger partial charge >= 0.3 is 0 Å². The fourth-order valence-electron chi connectivity index (χ4n) is 4.30. The molecule has 3 aromatic rings. The van der Waals surface area contributed by atoms with E-state index in [1.807, 2.05) is 49.3 Å². The van der Waals surface area contributed by atoms with E-state index in [9.17, 15) is 4.79 Å². The molecule has 0 spiro atoms. The van der Waals surface area contributed by atoms with Gasteiger partial charge in [0.2, 0.25) is 5.95 Å². The van der Waals surface area contributed by atoms with Crippen molar-refractivity contribution in [1.82, 2.24) is 15.3 Å². The average Bonchev–Trinajstić information content (AvgIpc) is 2.83. The smallest absolute Gasteiger partial charge is 0.252 e. The molecule has 1 saturated carbocycles. The van der Waals surface area contributed by atoms with E-state index in [2.05, 4.69) is 32.6 Å². The predicted octanol–water partition coefficient (Wildman–Crippen LogP) is 4.87. The highest BCUT2D eigenvalue weighted by molar-refractivity contribution is 9.10. The van der Waals surface area contributed by atoms with Gasteiger partial charge in [-0.2, -0.15) is 4.98 Å². The number of para-hydroxylation sites is 1. The van der Waals surface area contributed by atoms with E-state index in [4.69, 9.17) is 14.7 Å². The van der Waals surface area contributed by atoms with Gasteiger partial charge in [0.15, 0.2) is 0 Å². The highest BCUT2D eigenvalue weighted by Gasteiger charge is 2.23. The minimum Gasteiger partial charge on any atom is -0.497 e.